The van der Waals surface area contributed by atoms with Crippen LogP contribution in [-0.4, -0.2) is 29.1 Å². The molecule has 0 spiro atoms. The standard InChI is InChI=1S/C12H24N2O3.Fe/c1-5-8(4)10(13)11(15)14-9(12(16)17)6-7(2)3;/h7-10H,5-6,13H2,1-4H3,(H,14,15)(H,16,17);/t8-,9-,10-;/m0./s1. The van der Waals surface area contributed by atoms with E-state index < -0.39 is 18.1 Å². The van der Waals surface area contributed by atoms with Gasteiger partial charge in [-0.25, -0.2) is 4.79 Å². The Balaban J connectivity index is 0. The molecule has 0 aliphatic carbocycles. The van der Waals surface area contributed by atoms with E-state index in [1.165, 1.54) is 0 Å². The third kappa shape index (κ3) is 6.99. The van der Waals surface area contributed by atoms with Gasteiger partial charge in [0.05, 0.1) is 6.04 Å². The van der Waals surface area contributed by atoms with Crippen molar-refractivity contribution in [2.24, 2.45) is 17.6 Å². The van der Waals surface area contributed by atoms with Gasteiger partial charge in [0.25, 0.3) is 0 Å². The van der Waals surface area contributed by atoms with Crippen molar-refractivity contribution in [3.05, 3.63) is 0 Å². The topological polar surface area (TPSA) is 92.4 Å². The van der Waals surface area contributed by atoms with Gasteiger partial charge in [-0.2, -0.15) is 0 Å². The summed E-state index contributed by atoms with van der Waals surface area (Å²) in [5.41, 5.74) is 5.75. The molecule has 0 heterocycles. The number of rotatable bonds is 7. The average molecular weight is 300 g/mol. The predicted molar refractivity (Wildman–Crippen MR) is 66.5 cm³/mol. The van der Waals surface area contributed by atoms with E-state index in [4.69, 9.17) is 10.8 Å². The van der Waals surface area contributed by atoms with Crippen LogP contribution < -0.4 is 11.1 Å². The van der Waals surface area contributed by atoms with Crippen LogP contribution in [0.4, 0.5) is 0 Å². The number of hydrogen-bond donors (Lipinski definition) is 3. The summed E-state index contributed by atoms with van der Waals surface area (Å²) in [6.45, 7) is 7.65. The second-order valence-corrected chi connectivity index (χ2v) is 4.94. The van der Waals surface area contributed by atoms with E-state index in [2.05, 4.69) is 5.32 Å². The smallest absolute Gasteiger partial charge is 0.326 e. The molecule has 5 nitrogen and oxygen atoms in total. The molecule has 0 rings (SSSR count). The van der Waals surface area contributed by atoms with Gasteiger partial charge in [-0.15, -0.1) is 0 Å². The third-order valence-electron chi connectivity index (χ3n) is 2.88. The van der Waals surface area contributed by atoms with Gasteiger partial charge in [0, 0.05) is 17.1 Å². The SMILES string of the molecule is CC[C@H](C)[C@H](N)C(=O)N[C@@H](CC(C)C)C(=O)O.[Fe]. The molecule has 6 heteroatoms. The van der Waals surface area contributed by atoms with Gasteiger partial charge in [-0.1, -0.05) is 34.1 Å². The van der Waals surface area contributed by atoms with Crippen molar-refractivity contribution in [3.8, 4) is 0 Å². The van der Waals surface area contributed by atoms with E-state index in [1.54, 1.807) is 0 Å². The maximum Gasteiger partial charge on any atom is 0.326 e. The molecule has 0 saturated heterocycles. The molecule has 0 aromatic heterocycles. The molecular weight excluding hydrogens is 276 g/mol. The quantitative estimate of drug-likeness (QED) is 0.611. The van der Waals surface area contributed by atoms with Crippen LogP contribution in [0, 0.1) is 11.8 Å². The first-order valence-electron chi connectivity index (χ1n) is 6.08. The van der Waals surface area contributed by atoms with Crippen LogP contribution in [0.1, 0.15) is 40.5 Å². The van der Waals surface area contributed by atoms with Crippen molar-refractivity contribution >= 4 is 11.9 Å². The summed E-state index contributed by atoms with van der Waals surface area (Å²) >= 11 is 0. The molecule has 1 amide bonds. The minimum atomic E-state index is -1.01. The number of carboxylic acids is 1. The number of nitrogens with two attached hydrogens (primary N) is 1. The second kappa shape index (κ2) is 9.36. The van der Waals surface area contributed by atoms with Gasteiger partial charge < -0.3 is 16.2 Å². The summed E-state index contributed by atoms with van der Waals surface area (Å²) in [5.74, 6) is -1.14. The maximum absolute atomic E-state index is 11.7. The normalized spacial score (nSPS) is 15.4. The van der Waals surface area contributed by atoms with E-state index in [0.717, 1.165) is 6.42 Å². The first-order valence-corrected chi connectivity index (χ1v) is 6.08. The van der Waals surface area contributed by atoms with E-state index in [-0.39, 0.29) is 34.8 Å². The maximum atomic E-state index is 11.7. The number of amides is 1. The number of hydrogen-bond acceptors (Lipinski definition) is 3. The number of aliphatic carboxylic acids is 1. The molecule has 0 unspecified atom stereocenters. The van der Waals surface area contributed by atoms with Crippen molar-refractivity contribution in [2.45, 2.75) is 52.6 Å². The monoisotopic (exact) mass is 300 g/mol. The number of carbonyl (C=O) groups excluding carboxylic acids is 1. The Labute approximate surface area is 119 Å². The average Bonchev–Trinajstić information content (AvgIpc) is 2.25. The van der Waals surface area contributed by atoms with Crippen molar-refractivity contribution in [3.63, 3.8) is 0 Å². The van der Waals surface area contributed by atoms with Crippen LogP contribution in [0.3, 0.4) is 0 Å². The van der Waals surface area contributed by atoms with Crippen LogP contribution in [0.15, 0.2) is 0 Å². The summed E-state index contributed by atoms with van der Waals surface area (Å²) in [7, 11) is 0. The summed E-state index contributed by atoms with van der Waals surface area (Å²) in [5, 5.41) is 11.5. The molecule has 18 heavy (non-hydrogen) atoms. The van der Waals surface area contributed by atoms with Gasteiger partial charge in [-0.05, 0) is 18.3 Å². The third-order valence-corrected chi connectivity index (χ3v) is 2.88. The van der Waals surface area contributed by atoms with Crippen molar-refractivity contribution in [2.75, 3.05) is 0 Å². The van der Waals surface area contributed by atoms with E-state index in [9.17, 15) is 9.59 Å². The van der Waals surface area contributed by atoms with Crippen molar-refractivity contribution < 1.29 is 31.8 Å². The largest absolute Gasteiger partial charge is 0.480 e. The van der Waals surface area contributed by atoms with Gasteiger partial charge in [0.1, 0.15) is 6.04 Å². The Morgan fingerprint density at radius 3 is 2.11 bits per heavy atom. The summed E-state index contributed by atoms with van der Waals surface area (Å²) in [4.78, 5) is 22.7. The van der Waals surface area contributed by atoms with Crippen molar-refractivity contribution in [1.82, 2.24) is 5.32 Å². The molecule has 0 saturated carbocycles. The molecular formula is C12H24FeN2O3. The van der Waals surface area contributed by atoms with Crippen LogP contribution in [0.25, 0.3) is 0 Å². The van der Waals surface area contributed by atoms with E-state index in [0.29, 0.717) is 6.42 Å². The fraction of sp³-hybridized carbons (Fsp3) is 0.833. The van der Waals surface area contributed by atoms with Crippen molar-refractivity contribution in [1.29, 1.82) is 0 Å². The number of carboxylic acid groups (broad SMARTS) is 1. The zero-order valence-corrected chi connectivity index (χ0v) is 12.5. The summed E-state index contributed by atoms with van der Waals surface area (Å²) in [6.07, 6.45) is 1.20. The molecule has 0 aromatic carbocycles. The molecule has 0 radical (unpaired) electrons. The fourth-order valence-electron chi connectivity index (χ4n) is 1.47. The zero-order chi connectivity index (χ0) is 13.6. The molecule has 0 bridgehead atoms. The van der Waals surface area contributed by atoms with Gasteiger partial charge in [0.2, 0.25) is 5.91 Å². The van der Waals surface area contributed by atoms with E-state index >= 15 is 0 Å². The Bertz CT molecular complexity index is 272. The van der Waals surface area contributed by atoms with Crippen LogP contribution in [0.2, 0.25) is 0 Å². The Morgan fingerprint density at radius 1 is 1.28 bits per heavy atom. The molecule has 3 atom stereocenters. The van der Waals surface area contributed by atoms with E-state index in [1.807, 2.05) is 27.7 Å². The minimum absolute atomic E-state index is 0. The Morgan fingerprint density at radius 2 is 1.78 bits per heavy atom. The molecule has 0 aliphatic heterocycles. The fourth-order valence-corrected chi connectivity index (χ4v) is 1.47. The molecule has 0 aromatic rings. The minimum Gasteiger partial charge on any atom is -0.480 e. The first-order chi connectivity index (χ1) is 7.79. The van der Waals surface area contributed by atoms with Crippen LogP contribution in [0.5, 0.6) is 0 Å². The number of nitrogens with one attached hydrogen (secondary N) is 1. The molecule has 0 fully saturated rings. The Hall–Kier alpha value is -0.581. The van der Waals surface area contributed by atoms with Crippen LogP contribution >= 0.6 is 0 Å². The van der Waals surface area contributed by atoms with Gasteiger partial charge >= 0.3 is 5.97 Å². The molecule has 108 valence electrons. The van der Waals surface area contributed by atoms with Gasteiger partial charge in [-0.3, -0.25) is 4.79 Å². The second-order valence-electron chi connectivity index (χ2n) is 4.94. The first kappa shape index (κ1) is 19.8. The summed E-state index contributed by atoms with van der Waals surface area (Å²) in [6, 6.07) is -1.49. The predicted octanol–water partition coefficient (Wildman–Crippen LogP) is 0.973. The summed E-state index contributed by atoms with van der Waals surface area (Å²) < 4.78 is 0. The Kier molecular flexibility index (Phi) is 10.3. The molecule has 4 N–H and O–H groups in total. The number of carbonyl (C=O) groups is 2. The van der Waals surface area contributed by atoms with Gasteiger partial charge in [0.15, 0.2) is 0 Å². The van der Waals surface area contributed by atoms with Crippen LogP contribution in [-0.2, 0) is 26.7 Å². The molecule has 0 aliphatic rings. The zero-order valence-electron chi connectivity index (χ0n) is 11.4.